The molecule has 0 atom stereocenters. The molecule has 0 radical (unpaired) electrons. The van der Waals surface area contributed by atoms with E-state index in [1.54, 1.807) is 14.0 Å². The third-order valence-corrected chi connectivity index (χ3v) is 3.11. The van der Waals surface area contributed by atoms with E-state index in [9.17, 15) is 4.79 Å². The van der Waals surface area contributed by atoms with Crippen LogP contribution in [0.25, 0.3) is 0 Å². The van der Waals surface area contributed by atoms with Gasteiger partial charge in [-0.15, -0.1) is 0 Å². The predicted molar refractivity (Wildman–Crippen MR) is 79.9 cm³/mol. The Bertz CT molecular complexity index is 426. The lowest BCUT2D eigenvalue weighted by molar-refractivity contribution is -0.145. The maximum absolute atomic E-state index is 11.3. The van der Waals surface area contributed by atoms with Crippen LogP contribution < -0.4 is 10.1 Å². The van der Waals surface area contributed by atoms with E-state index in [4.69, 9.17) is 14.2 Å². The highest BCUT2D eigenvalue weighted by Crippen LogP contribution is 2.29. The molecule has 0 aliphatic rings. The third-order valence-electron chi connectivity index (χ3n) is 2.49. The number of para-hydroxylation sites is 1. The molecule has 1 aromatic carbocycles. The van der Waals surface area contributed by atoms with Gasteiger partial charge in [0.15, 0.2) is 6.61 Å². The van der Waals surface area contributed by atoms with Crippen LogP contribution in [0.1, 0.15) is 12.5 Å². The average Bonchev–Trinajstić information content (AvgIpc) is 2.43. The Hall–Kier alpha value is -1.11. The summed E-state index contributed by atoms with van der Waals surface area (Å²) in [4.78, 5) is 11.3. The highest BCUT2D eigenvalue weighted by Gasteiger charge is 2.10. The van der Waals surface area contributed by atoms with Crippen molar-refractivity contribution in [3.8, 4) is 5.75 Å². The molecule has 1 N–H and O–H groups in total. The van der Waals surface area contributed by atoms with Crippen LogP contribution in [-0.2, 0) is 20.8 Å². The number of ether oxygens (including phenoxy) is 3. The monoisotopic (exact) mass is 345 g/mol. The molecule has 0 aliphatic heterocycles. The van der Waals surface area contributed by atoms with Crippen molar-refractivity contribution in [2.75, 3.05) is 33.5 Å². The molecule has 0 fully saturated rings. The van der Waals surface area contributed by atoms with Gasteiger partial charge in [0.1, 0.15) is 5.75 Å². The Kier molecular flexibility index (Phi) is 8.25. The number of benzene rings is 1. The molecule has 0 heterocycles. The van der Waals surface area contributed by atoms with E-state index in [1.807, 2.05) is 18.2 Å². The molecule has 1 aromatic rings. The second kappa shape index (κ2) is 9.74. The Morgan fingerprint density at radius 1 is 1.40 bits per heavy atom. The quantitative estimate of drug-likeness (QED) is 0.548. The van der Waals surface area contributed by atoms with E-state index >= 15 is 0 Å². The van der Waals surface area contributed by atoms with Crippen molar-refractivity contribution in [1.82, 2.24) is 5.32 Å². The van der Waals surface area contributed by atoms with Crippen molar-refractivity contribution < 1.29 is 19.0 Å². The van der Waals surface area contributed by atoms with E-state index in [0.29, 0.717) is 25.5 Å². The van der Waals surface area contributed by atoms with Crippen molar-refractivity contribution in [1.29, 1.82) is 0 Å². The summed E-state index contributed by atoms with van der Waals surface area (Å²) in [5.74, 6) is 0.284. The minimum Gasteiger partial charge on any atom is -0.480 e. The summed E-state index contributed by atoms with van der Waals surface area (Å²) < 4.78 is 16.2. The summed E-state index contributed by atoms with van der Waals surface area (Å²) >= 11 is 3.43. The van der Waals surface area contributed by atoms with Crippen molar-refractivity contribution in [3.63, 3.8) is 0 Å². The van der Waals surface area contributed by atoms with Crippen LogP contribution in [0, 0.1) is 0 Å². The maximum Gasteiger partial charge on any atom is 0.344 e. The molecule has 0 aliphatic carbocycles. The molecule has 5 nitrogen and oxygen atoms in total. The van der Waals surface area contributed by atoms with E-state index in [0.717, 1.165) is 16.6 Å². The summed E-state index contributed by atoms with van der Waals surface area (Å²) in [6.45, 7) is 4.06. The molecule has 112 valence electrons. The van der Waals surface area contributed by atoms with Gasteiger partial charge in [0.25, 0.3) is 0 Å². The van der Waals surface area contributed by atoms with E-state index in [-0.39, 0.29) is 12.6 Å². The van der Waals surface area contributed by atoms with Crippen LogP contribution in [0.5, 0.6) is 5.75 Å². The van der Waals surface area contributed by atoms with E-state index in [1.165, 1.54) is 0 Å². The zero-order valence-corrected chi connectivity index (χ0v) is 13.4. The van der Waals surface area contributed by atoms with Crippen molar-refractivity contribution in [2.45, 2.75) is 13.5 Å². The van der Waals surface area contributed by atoms with Crippen LogP contribution in [-0.4, -0.2) is 39.4 Å². The molecule has 0 saturated heterocycles. The van der Waals surface area contributed by atoms with Gasteiger partial charge in [-0.2, -0.15) is 0 Å². The van der Waals surface area contributed by atoms with Gasteiger partial charge in [-0.1, -0.05) is 12.1 Å². The Morgan fingerprint density at radius 3 is 2.90 bits per heavy atom. The minimum absolute atomic E-state index is 0.0957. The van der Waals surface area contributed by atoms with Crippen molar-refractivity contribution in [2.24, 2.45) is 0 Å². The number of rotatable bonds is 9. The first kappa shape index (κ1) is 16.9. The molecular formula is C14H20BrNO4. The molecule has 6 heteroatoms. The summed E-state index contributed by atoms with van der Waals surface area (Å²) in [7, 11) is 1.66. The van der Waals surface area contributed by atoms with Gasteiger partial charge < -0.3 is 19.5 Å². The number of hydrogen-bond donors (Lipinski definition) is 1. The predicted octanol–water partition coefficient (Wildman–Crippen LogP) is 2.13. The number of carbonyl (C=O) groups excluding carboxylic acids is 1. The SMILES string of the molecule is CCOC(=O)COc1c(Br)cccc1CNCCOC. The fourth-order valence-electron chi connectivity index (χ4n) is 1.59. The van der Waals surface area contributed by atoms with Crippen LogP contribution >= 0.6 is 15.9 Å². The number of nitrogens with one attached hydrogen (secondary N) is 1. The summed E-state index contributed by atoms with van der Waals surface area (Å²) in [6.07, 6.45) is 0. The molecule has 0 aromatic heterocycles. The molecule has 0 saturated carbocycles. The van der Waals surface area contributed by atoms with Gasteiger partial charge in [-0.05, 0) is 28.9 Å². The molecule has 20 heavy (non-hydrogen) atoms. The molecule has 0 spiro atoms. The van der Waals surface area contributed by atoms with Crippen molar-refractivity contribution >= 4 is 21.9 Å². The first-order valence-electron chi connectivity index (χ1n) is 6.44. The number of methoxy groups -OCH3 is 1. The van der Waals surface area contributed by atoms with E-state index in [2.05, 4.69) is 21.2 Å². The largest absolute Gasteiger partial charge is 0.480 e. The Labute approximate surface area is 127 Å². The lowest BCUT2D eigenvalue weighted by Gasteiger charge is -2.13. The fourth-order valence-corrected chi connectivity index (χ4v) is 2.11. The van der Waals surface area contributed by atoms with Crippen LogP contribution in [0.4, 0.5) is 0 Å². The summed E-state index contributed by atoms with van der Waals surface area (Å²) in [6, 6.07) is 5.75. The van der Waals surface area contributed by atoms with E-state index < -0.39 is 0 Å². The smallest absolute Gasteiger partial charge is 0.344 e. The normalized spacial score (nSPS) is 10.3. The lowest BCUT2D eigenvalue weighted by Crippen LogP contribution is -2.20. The number of carbonyl (C=O) groups is 1. The molecule has 0 amide bonds. The van der Waals surface area contributed by atoms with Gasteiger partial charge in [-0.25, -0.2) is 4.79 Å². The second-order valence-electron chi connectivity index (χ2n) is 3.99. The Balaban J connectivity index is 2.60. The van der Waals surface area contributed by atoms with Gasteiger partial charge in [0.2, 0.25) is 0 Å². The number of esters is 1. The van der Waals surface area contributed by atoms with Gasteiger partial charge in [0.05, 0.1) is 17.7 Å². The first-order valence-corrected chi connectivity index (χ1v) is 7.23. The maximum atomic E-state index is 11.3. The van der Waals surface area contributed by atoms with Gasteiger partial charge >= 0.3 is 5.97 Å². The molecule has 0 bridgehead atoms. The average molecular weight is 346 g/mol. The number of hydrogen-bond acceptors (Lipinski definition) is 5. The highest BCUT2D eigenvalue weighted by atomic mass is 79.9. The van der Waals surface area contributed by atoms with Crippen LogP contribution in [0.2, 0.25) is 0 Å². The topological polar surface area (TPSA) is 56.8 Å². The van der Waals surface area contributed by atoms with Gasteiger partial charge in [-0.3, -0.25) is 0 Å². The highest BCUT2D eigenvalue weighted by molar-refractivity contribution is 9.10. The molecule has 1 rings (SSSR count). The van der Waals surface area contributed by atoms with Crippen LogP contribution in [0.3, 0.4) is 0 Å². The third kappa shape index (κ3) is 5.90. The zero-order valence-electron chi connectivity index (χ0n) is 11.8. The number of halogens is 1. The fraction of sp³-hybridized carbons (Fsp3) is 0.500. The van der Waals surface area contributed by atoms with Gasteiger partial charge in [0, 0.05) is 25.8 Å². The van der Waals surface area contributed by atoms with Crippen LogP contribution in [0.15, 0.2) is 22.7 Å². The molecular weight excluding hydrogens is 326 g/mol. The second-order valence-corrected chi connectivity index (χ2v) is 4.85. The summed E-state index contributed by atoms with van der Waals surface area (Å²) in [5.41, 5.74) is 0.972. The Morgan fingerprint density at radius 2 is 2.20 bits per heavy atom. The standard InChI is InChI=1S/C14H20BrNO4/c1-3-19-13(17)10-20-14-11(5-4-6-12(14)15)9-16-7-8-18-2/h4-6,16H,3,7-10H2,1-2H3. The van der Waals surface area contributed by atoms with Crippen molar-refractivity contribution in [3.05, 3.63) is 28.2 Å². The zero-order chi connectivity index (χ0) is 14.8. The minimum atomic E-state index is -0.374. The first-order chi connectivity index (χ1) is 9.69. The molecule has 0 unspecified atom stereocenters. The lowest BCUT2D eigenvalue weighted by atomic mass is 10.2. The summed E-state index contributed by atoms with van der Waals surface area (Å²) in [5, 5.41) is 3.24.